The normalized spacial score (nSPS) is 19.5. The maximum atomic E-state index is 12.3. The zero-order chi connectivity index (χ0) is 15.3. The Morgan fingerprint density at radius 1 is 1.43 bits per heavy atom. The van der Waals surface area contributed by atoms with E-state index in [2.05, 4.69) is 22.2 Å². The molecule has 0 spiro atoms. The summed E-state index contributed by atoms with van der Waals surface area (Å²) in [6.07, 6.45) is 2.50. The molecule has 2 rings (SSSR count). The number of sulfone groups is 1. The SMILES string of the molecule is CCCNc1cc(N2CCSCC2S(=O)(=O)CC)ncn1. The van der Waals surface area contributed by atoms with Crippen molar-refractivity contribution in [1.82, 2.24) is 9.97 Å². The second-order valence-corrected chi connectivity index (χ2v) is 8.46. The minimum absolute atomic E-state index is 0.154. The molecule has 1 N–H and O–H groups in total. The summed E-state index contributed by atoms with van der Waals surface area (Å²) in [4.78, 5) is 10.3. The fourth-order valence-corrected chi connectivity index (χ4v) is 5.16. The van der Waals surface area contributed by atoms with Gasteiger partial charge in [-0.1, -0.05) is 13.8 Å². The van der Waals surface area contributed by atoms with E-state index < -0.39 is 15.2 Å². The lowest BCUT2D eigenvalue weighted by molar-refractivity contribution is 0.579. The van der Waals surface area contributed by atoms with Crippen LogP contribution in [0.5, 0.6) is 0 Å². The minimum atomic E-state index is -3.12. The van der Waals surface area contributed by atoms with Crippen LogP contribution in [0.1, 0.15) is 20.3 Å². The van der Waals surface area contributed by atoms with Crippen molar-refractivity contribution in [3.05, 3.63) is 12.4 Å². The summed E-state index contributed by atoms with van der Waals surface area (Å²) >= 11 is 1.68. The Kier molecular flexibility index (Phi) is 5.69. The molecule has 1 aliphatic rings. The first kappa shape index (κ1) is 16.4. The molecule has 0 amide bonds. The van der Waals surface area contributed by atoms with Crippen LogP contribution in [0.2, 0.25) is 0 Å². The second kappa shape index (κ2) is 7.31. The molecule has 1 aliphatic heterocycles. The molecule has 8 heteroatoms. The van der Waals surface area contributed by atoms with Gasteiger partial charge in [0, 0.05) is 36.4 Å². The molecule has 0 bridgehead atoms. The van der Waals surface area contributed by atoms with E-state index in [0.29, 0.717) is 18.1 Å². The summed E-state index contributed by atoms with van der Waals surface area (Å²) in [7, 11) is -3.12. The summed E-state index contributed by atoms with van der Waals surface area (Å²) in [5.74, 6) is 3.09. The molecular weight excluding hydrogens is 308 g/mol. The van der Waals surface area contributed by atoms with Gasteiger partial charge >= 0.3 is 0 Å². The van der Waals surface area contributed by atoms with Crippen molar-refractivity contribution in [1.29, 1.82) is 0 Å². The zero-order valence-electron chi connectivity index (χ0n) is 12.4. The molecule has 2 heterocycles. The lowest BCUT2D eigenvalue weighted by atomic mass is 10.4. The monoisotopic (exact) mass is 330 g/mol. The van der Waals surface area contributed by atoms with E-state index in [1.807, 2.05) is 11.0 Å². The summed E-state index contributed by atoms with van der Waals surface area (Å²) in [5, 5.41) is 2.72. The molecule has 1 aromatic heterocycles. The van der Waals surface area contributed by atoms with Crippen molar-refractivity contribution < 1.29 is 8.42 Å². The van der Waals surface area contributed by atoms with E-state index in [9.17, 15) is 8.42 Å². The van der Waals surface area contributed by atoms with Gasteiger partial charge < -0.3 is 10.2 Å². The summed E-state index contributed by atoms with van der Waals surface area (Å²) in [6.45, 7) is 5.31. The van der Waals surface area contributed by atoms with Crippen molar-refractivity contribution in [2.75, 3.05) is 40.6 Å². The number of hydrogen-bond acceptors (Lipinski definition) is 7. The van der Waals surface area contributed by atoms with Gasteiger partial charge in [0.05, 0.1) is 0 Å². The number of nitrogens with zero attached hydrogens (tertiary/aromatic N) is 3. The van der Waals surface area contributed by atoms with Crippen molar-refractivity contribution in [2.45, 2.75) is 25.6 Å². The predicted molar refractivity (Wildman–Crippen MR) is 88.7 cm³/mol. The Hall–Kier alpha value is -1.02. The van der Waals surface area contributed by atoms with Gasteiger partial charge in [0.25, 0.3) is 0 Å². The molecule has 1 atom stereocenters. The molecule has 1 unspecified atom stereocenters. The van der Waals surface area contributed by atoms with Crippen molar-refractivity contribution in [3.8, 4) is 0 Å². The molecule has 0 aromatic carbocycles. The third-order valence-corrected chi connectivity index (χ3v) is 6.69. The third kappa shape index (κ3) is 4.00. The van der Waals surface area contributed by atoms with Gasteiger partial charge in [-0.2, -0.15) is 11.8 Å². The highest BCUT2D eigenvalue weighted by atomic mass is 32.2. The van der Waals surface area contributed by atoms with Gasteiger partial charge in [-0.3, -0.25) is 0 Å². The summed E-state index contributed by atoms with van der Waals surface area (Å²) < 4.78 is 24.6. The molecule has 6 nitrogen and oxygen atoms in total. The number of nitrogens with one attached hydrogen (secondary N) is 1. The maximum absolute atomic E-state index is 12.3. The Balaban J connectivity index is 2.25. The molecule has 118 valence electrons. The predicted octanol–water partition coefficient (Wildman–Crippen LogP) is 1.61. The van der Waals surface area contributed by atoms with Gasteiger partial charge in [-0.05, 0) is 6.42 Å². The Morgan fingerprint density at radius 2 is 2.24 bits per heavy atom. The van der Waals surface area contributed by atoms with Crippen LogP contribution in [0.15, 0.2) is 12.4 Å². The quantitative estimate of drug-likeness (QED) is 0.849. The van der Waals surface area contributed by atoms with Gasteiger partial charge in [0.2, 0.25) is 0 Å². The third-order valence-electron chi connectivity index (χ3n) is 3.40. The number of thioether (sulfide) groups is 1. The van der Waals surface area contributed by atoms with Crippen LogP contribution in [0.25, 0.3) is 0 Å². The summed E-state index contributed by atoms with van der Waals surface area (Å²) in [6, 6.07) is 1.84. The Labute approximate surface area is 130 Å². The van der Waals surface area contributed by atoms with Crippen LogP contribution >= 0.6 is 11.8 Å². The first-order valence-corrected chi connectivity index (χ1v) is 10.1. The van der Waals surface area contributed by atoms with Crippen LogP contribution in [-0.2, 0) is 9.84 Å². The smallest absolute Gasteiger partial charge is 0.171 e. The van der Waals surface area contributed by atoms with Crippen molar-refractivity contribution in [2.24, 2.45) is 0 Å². The molecule has 21 heavy (non-hydrogen) atoms. The fourth-order valence-electron chi connectivity index (χ4n) is 2.19. The van der Waals surface area contributed by atoms with E-state index in [1.54, 1.807) is 18.7 Å². The van der Waals surface area contributed by atoms with Crippen molar-refractivity contribution >= 4 is 33.2 Å². The second-order valence-electron chi connectivity index (χ2n) is 4.86. The zero-order valence-corrected chi connectivity index (χ0v) is 14.1. The molecule has 0 aliphatic carbocycles. The van der Waals surface area contributed by atoms with Crippen LogP contribution in [0.4, 0.5) is 11.6 Å². The van der Waals surface area contributed by atoms with E-state index in [-0.39, 0.29) is 5.75 Å². The average Bonchev–Trinajstić information content (AvgIpc) is 2.53. The molecule has 1 fully saturated rings. The largest absolute Gasteiger partial charge is 0.370 e. The van der Waals surface area contributed by atoms with Gasteiger partial charge in [0.1, 0.15) is 23.3 Å². The van der Waals surface area contributed by atoms with Gasteiger partial charge in [-0.25, -0.2) is 18.4 Å². The highest BCUT2D eigenvalue weighted by Gasteiger charge is 2.33. The topological polar surface area (TPSA) is 75.2 Å². The molecule has 0 saturated carbocycles. The molecule has 1 aromatic rings. The number of hydrogen-bond donors (Lipinski definition) is 1. The summed E-state index contributed by atoms with van der Waals surface area (Å²) in [5.41, 5.74) is 0. The highest BCUT2D eigenvalue weighted by molar-refractivity contribution is 8.01. The van der Waals surface area contributed by atoms with Crippen LogP contribution in [0, 0.1) is 0 Å². The van der Waals surface area contributed by atoms with E-state index in [0.717, 1.165) is 24.5 Å². The van der Waals surface area contributed by atoms with Crippen LogP contribution < -0.4 is 10.2 Å². The van der Waals surface area contributed by atoms with E-state index in [4.69, 9.17) is 0 Å². The lowest BCUT2D eigenvalue weighted by Gasteiger charge is -2.35. The van der Waals surface area contributed by atoms with Gasteiger partial charge in [-0.15, -0.1) is 0 Å². The highest BCUT2D eigenvalue weighted by Crippen LogP contribution is 2.26. The van der Waals surface area contributed by atoms with E-state index in [1.165, 1.54) is 6.33 Å². The van der Waals surface area contributed by atoms with Gasteiger partial charge in [0.15, 0.2) is 9.84 Å². The fraction of sp³-hybridized carbons (Fsp3) is 0.692. The molecular formula is C13H22N4O2S2. The average molecular weight is 330 g/mol. The Bertz CT molecular complexity index is 565. The number of anilines is 2. The van der Waals surface area contributed by atoms with Crippen LogP contribution in [0.3, 0.4) is 0 Å². The Morgan fingerprint density at radius 3 is 2.95 bits per heavy atom. The van der Waals surface area contributed by atoms with E-state index >= 15 is 0 Å². The number of rotatable bonds is 6. The van der Waals surface area contributed by atoms with Crippen LogP contribution in [-0.4, -0.2) is 54.1 Å². The lowest BCUT2D eigenvalue weighted by Crippen LogP contribution is -2.48. The first-order chi connectivity index (χ1) is 10.1. The van der Waals surface area contributed by atoms with Crippen molar-refractivity contribution in [3.63, 3.8) is 0 Å². The number of aromatic nitrogens is 2. The first-order valence-electron chi connectivity index (χ1n) is 7.20. The maximum Gasteiger partial charge on any atom is 0.171 e. The minimum Gasteiger partial charge on any atom is -0.370 e. The molecule has 1 saturated heterocycles. The standard InChI is InChI=1S/C13H22N4O2S2/c1-3-5-14-11-8-12(16-10-15-11)17-6-7-20-9-13(17)21(18,19)4-2/h8,10,13H,3-7,9H2,1-2H3,(H,14,15,16). The molecule has 0 radical (unpaired) electrons.